The Hall–Kier alpha value is -3.45. The molecule has 0 amide bonds. The van der Waals surface area contributed by atoms with E-state index in [1.807, 2.05) is 12.1 Å². The van der Waals surface area contributed by atoms with Crippen LogP contribution in [0.3, 0.4) is 0 Å². The molecule has 0 unspecified atom stereocenters. The molecule has 1 aromatic carbocycles. The molecule has 0 saturated heterocycles. The summed E-state index contributed by atoms with van der Waals surface area (Å²) in [7, 11) is 0. The van der Waals surface area contributed by atoms with Crippen molar-refractivity contribution in [3.8, 4) is 23.8 Å². The molecule has 1 aromatic heterocycles. The summed E-state index contributed by atoms with van der Waals surface area (Å²) >= 11 is 0. The van der Waals surface area contributed by atoms with Crippen molar-refractivity contribution in [3.63, 3.8) is 0 Å². The molecule has 0 atom stereocenters. The van der Waals surface area contributed by atoms with Crippen LogP contribution in [0.2, 0.25) is 0 Å². The van der Waals surface area contributed by atoms with Crippen molar-refractivity contribution in [2.24, 2.45) is 0 Å². The summed E-state index contributed by atoms with van der Waals surface area (Å²) in [6, 6.07) is 10.6. The number of nitrogens with zero attached hydrogens (tertiary/aromatic N) is 4. The van der Waals surface area contributed by atoms with Crippen LogP contribution in [-0.2, 0) is 0 Å². The molecular formula is C14H8N4O3. The lowest BCUT2D eigenvalue weighted by molar-refractivity contribution is -0.385. The summed E-state index contributed by atoms with van der Waals surface area (Å²) in [5.41, 5.74) is 0.717. The van der Waals surface area contributed by atoms with E-state index >= 15 is 0 Å². The van der Waals surface area contributed by atoms with Gasteiger partial charge in [0.15, 0.2) is 0 Å². The molecule has 0 saturated carbocycles. The molecule has 0 spiro atoms. The second kappa shape index (κ2) is 5.68. The maximum atomic E-state index is 11.0. The number of ether oxygens (including phenoxy) is 1. The third kappa shape index (κ3) is 3.11. The predicted octanol–water partition coefficient (Wildman–Crippen LogP) is 2.83. The molecule has 0 aliphatic heterocycles. The van der Waals surface area contributed by atoms with Gasteiger partial charge in [0, 0.05) is 17.8 Å². The van der Waals surface area contributed by atoms with Crippen LogP contribution in [0.1, 0.15) is 16.8 Å². The summed E-state index contributed by atoms with van der Waals surface area (Å²) in [4.78, 5) is 14.4. The number of nitro benzene ring substituents is 1. The molecule has 0 N–H and O–H groups in total. The second-order valence-electron chi connectivity index (χ2n) is 4.10. The van der Waals surface area contributed by atoms with E-state index in [-0.39, 0.29) is 22.9 Å². The first-order valence-corrected chi connectivity index (χ1v) is 5.78. The van der Waals surface area contributed by atoms with Gasteiger partial charge in [-0.25, -0.2) is 4.98 Å². The van der Waals surface area contributed by atoms with Gasteiger partial charge in [-0.15, -0.1) is 0 Å². The summed E-state index contributed by atoms with van der Waals surface area (Å²) in [6.07, 6.45) is 0. The van der Waals surface area contributed by atoms with Crippen molar-refractivity contribution >= 4 is 5.69 Å². The molecule has 0 bridgehead atoms. The number of aromatic nitrogens is 1. The third-order valence-corrected chi connectivity index (χ3v) is 2.56. The van der Waals surface area contributed by atoms with Gasteiger partial charge in [-0.1, -0.05) is 0 Å². The quantitative estimate of drug-likeness (QED) is 0.631. The smallest absolute Gasteiger partial charge is 0.312 e. The number of benzene rings is 1. The maximum absolute atomic E-state index is 11.0. The van der Waals surface area contributed by atoms with Crippen LogP contribution in [0, 0.1) is 39.7 Å². The largest absolute Gasteiger partial charge is 0.432 e. The Balaban J connectivity index is 2.45. The van der Waals surface area contributed by atoms with Crippen molar-refractivity contribution in [3.05, 3.63) is 57.3 Å². The number of nitro groups is 1. The Morgan fingerprint density at radius 3 is 2.52 bits per heavy atom. The van der Waals surface area contributed by atoms with Crippen LogP contribution in [-0.4, -0.2) is 9.91 Å². The molecule has 0 aliphatic carbocycles. The molecule has 102 valence electrons. The zero-order chi connectivity index (χ0) is 15.4. The van der Waals surface area contributed by atoms with E-state index in [1.54, 1.807) is 13.0 Å². The molecule has 7 nitrogen and oxygen atoms in total. The van der Waals surface area contributed by atoms with Crippen LogP contribution in [0.5, 0.6) is 11.6 Å². The van der Waals surface area contributed by atoms with Crippen LogP contribution in [0.25, 0.3) is 0 Å². The minimum absolute atomic E-state index is 0.0408. The van der Waals surface area contributed by atoms with Crippen molar-refractivity contribution in [2.45, 2.75) is 6.92 Å². The van der Waals surface area contributed by atoms with E-state index in [1.165, 1.54) is 18.2 Å². The molecule has 0 fully saturated rings. The van der Waals surface area contributed by atoms with E-state index in [0.717, 1.165) is 6.07 Å². The van der Waals surface area contributed by atoms with Crippen LogP contribution < -0.4 is 4.74 Å². The predicted molar refractivity (Wildman–Crippen MR) is 71.6 cm³/mol. The highest BCUT2D eigenvalue weighted by Crippen LogP contribution is 2.31. The average Bonchev–Trinajstić information content (AvgIpc) is 2.46. The summed E-state index contributed by atoms with van der Waals surface area (Å²) in [5.74, 6) is 0.0420. The first-order chi connectivity index (χ1) is 10.0. The van der Waals surface area contributed by atoms with Gasteiger partial charge in [0.1, 0.15) is 0 Å². The molecule has 1 heterocycles. The Morgan fingerprint density at radius 2 is 1.90 bits per heavy atom. The Kier molecular flexibility index (Phi) is 3.78. The van der Waals surface area contributed by atoms with E-state index in [4.69, 9.17) is 15.3 Å². The van der Waals surface area contributed by atoms with Gasteiger partial charge in [0.2, 0.25) is 11.6 Å². The lowest BCUT2D eigenvalue weighted by atomic mass is 10.2. The first-order valence-electron chi connectivity index (χ1n) is 5.78. The maximum Gasteiger partial charge on any atom is 0.312 e. The van der Waals surface area contributed by atoms with E-state index < -0.39 is 4.92 Å². The molecule has 2 rings (SSSR count). The van der Waals surface area contributed by atoms with E-state index in [9.17, 15) is 10.1 Å². The number of hydrogen-bond donors (Lipinski definition) is 0. The normalized spacial score (nSPS) is 9.48. The molecule has 21 heavy (non-hydrogen) atoms. The zero-order valence-corrected chi connectivity index (χ0v) is 10.9. The number of pyridine rings is 1. The van der Waals surface area contributed by atoms with Crippen LogP contribution >= 0.6 is 0 Å². The molecule has 7 heteroatoms. The topological polar surface area (TPSA) is 113 Å². The summed E-state index contributed by atoms with van der Waals surface area (Å²) in [5, 5.41) is 28.7. The van der Waals surface area contributed by atoms with Gasteiger partial charge in [-0.3, -0.25) is 10.1 Å². The van der Waals surface area contributed by atoms with E-state index in [0.29, 0.717) is 11.3 Å². The van der Waals surface area contributed by atoms with Gasteiger partial charge in [-0.2, -0.15) is 10.5 Å². The molecule has 0 aliphatic rings. The highest BCUT2D eigenvalue weighted by molar-refractivity contribution is 5.53. The summed E-state index contributed by atoms with van der Waals surface area (Å²) in [6.45, 7) is 1.68. The lowest BCUT2D eigenvalue weighted by Gasteiger charge is -2.06. The standard InChI is InChI=1S/C14H8N4O3/c1-9-4-11(8-16)6-14(17-9)21-13-3-2-10(7-15)5-12(13)18(19)20/h2-6H,1H3. The fourth-order valence-corrected chi connectivity index (χ4v) is 1.68. The van der Waals surface area contributed by atoms with Crippen molar-refractivity contribution < 1.29 is 9.66 Å². The monoisotopic (exact) mass is 280 g/mol. The van der Waals surface area contributed by atoms with E-state index in [2.05, 4.69) is 4.98 Å². The molecule has 2 aromatic rings. The number of aryl methyl sites for hydroxylation is 1. The minimum atomic E-state index is -0.642. The van der Waals surface area contributed by atoms with Crippen molar-refractivity contribution in [1.29, 1.82) is 10.5 Å². The van der Waals surface area contributed by atoms with Crippen molar-refractivity contribution in [2.75, 3.05) is 0 Å². The lowest BCUT2D eigenvalue weighted by Crippen LogP contribution is -1.96. The second-order valence-corrected chi connectivity index (χ2v) is 4.10. The Morgan fingerprint density at radius 1 is 1.19 bits per heavy atom. The fraction of sp³-hybridized carbons (Fsp3) is 0.0714. The Bertz CT molecular complexity index is 803. The van der Waals surface area contributed by atoms with Gasteiger partial charge >= 0.3 is 5.69 Å². The zero-order valence-electron chi connectivity index (χ0n) is 10.9. The van der Waals surface area contributed by atoms with Gasteiger partial charge < -0.3 is 4.74 Å². The molecular weight excluding hydrogens is 272 g/mol. The van der Waals surface area contributed by atoms with Gasteiger partial charge in [0.05, 0.1) is 28.2 Å². The highest BCUT2D eigenvalue weighted by Gasteiger charge is 2.17. The van der Waals surface area contributed by atoms with Gasteiger partial charge in [-0.05, 0) is 25.1 Å². The highest BCUT2D eigenvalue weighted by atomic mass is 16.6. The van der Waals surface area contributed by atoms with Gasteiger partial charge in [0.25, 0.3) is 0 Å². The molecule has 0 radical (unpaired) electrons. The first kappa shape index (κ1) is 14.0. The van der Waals surface area contributed by atoms with Crippen LogP contribution in [0.15, 0.2) is 30.3 Å². The van der Waals surface area contributed by atoms with Crippen molar-refractivity contribution in [1.82, 2.24) is 4.98 Å². The fourth-order valence-electron chi connectivity index (χ4n) is 1.68. The number of nitriles is 2. The SMILES string of the molecule is Cc1cc(C#N)cc(Oc2ccc(C#N)cc2[N+](=O)[O-])n1. The average molecular weight is 280 g/mol. The van der Waals surface area contributed by atoms with Crippen LogP contribution in [0.4, 0.5) is 5.69 Å². The Labute approximate surface area is 119 Å². The number of hydrogen-bond acceptors (Lipinski definition) is 6. The minimum Gasteiger partial charge on any atom is -0.432 e. The number of rotatable bonds is 3. The summed E-state index contributed by atoms with van der Waals surface area (Å²) < 4.78 is 5.38. The third-order valence-electron chi connectivity index (χ3n) is 2.56.